The lowest BCUT2D eigenvalue weighted by Gasteiger charge is -2.36. The van der Waals surface area contributed by atoms with Crippen LogP contribution in [-0.2, 0) is 31.5 Å². The largest absolute Gasteiger partial charge is 0.375 e. The van der Waals surface area contributed by atoms with Crippen LogP contribution in [0.3, 0.4) is 0 Å². The number of rotatable bonds is 21. The highest BCUT2D eigenvalue weighted by molar-refractivity contribution is 7.86. The number of carbonyl (C=O) groups is 2. The number of amides is 2. The summed E-state index contributed by atoms with van der Waals surface area (Å²) in [6.45, 7) is 15.7. The number of nitrogens with zero attached hydrogens (tertiary/aromatic N) is 9. The number of benzene rings is 3. The predicted molar refractivity (Wildman–Crippen MR) is 299 cm³/mol. The fourth-order valence-corrected chi connectivity index (χ4v) is 10.9. The minimum atomic E-state index is -1.69. The molecule has 9 rings (SSSR count). The highest BCUT2D eigenvalue weighted by Gasteiger charge is 2.30. The Hall–Kier alpha value is -6.39. The summed E-state index contributed by atoms with van der Waals surface area (Å²) in [4.78, 5) is 57.2. The van der Waals surface area contributed by atoms with Crippen LogP contribution < -0.4 is 30.5 Å². The third-order valence-corrected chi connectivity index (χ3v) is 16.6. The fourth-order valence-electron chi connectivity index (χ4n) is 8.93. The van der Waals surface area contributed by atoms with Crippen molar-refractivity contribution < 1.29 is 27.1 Å². The summed E-state index contributed by atoms with van der Waals surface area (Å²) < 4.78 is 49.9. The Morgan fingerprint density at radius 3 is 2.22 bits per heavy atom. The van der Waals surface area contributed by atoms with E-state index in [1.54, 1.807) is 24.7 Å². The molecule has 18 nitrogen and oxygen atoms in total. The second-order valence-corrected chi connectivity index (χ2v) is 23.8. The third kappa shape index (κ3) is 14.1. The van der Waals surface area contributed by atoms with Crippen LogP contribution in [0.15, 0.2) is 96.3 Å². The van der Waals surface area contributed by atoms with Crippen molar-refractivity contribution in [1.82, 2.24) is 39.4 Å². The summed E-state index contributed by atoms with van der Waals surface area (Å²) in [6.07, 6.45) is 8.35. The zero-order chi connectivity index (χ0) is 53.6. The van der Waals surface area contributed by atoms with Gasteiger partial charge in [0, 0.05) is 112 Å². The number of ether oxygens (including phenoxy) is 1. The molecule has 2 unspecified atom stereocenters. The van der Waals surface area contributed by atoms with E-state index in [0.29, 0.717) is 103 Å². The molecular weight excluding hydrogens is 1030 g/mol. The molecule has 2 aliphatic heterocycles. The number of hydrogen-bond acceptors (Lipinski definition) is 14. The first-order valence-corrected chi connectivity index (χ1v) is 28.5. The minimum Gasteiger partial charge on any atom is -0.375 e. The lowest BCUT2D eigenvalue weighted by atomic mass is 9.99. The van der Waals surface area contributed by atoms with Crippen molar-refractivity contribution in [1.29, 1.82) is 0 Å². The van der Waals surface area contributed by atoms with Crippen molar-refractivity contribution in [2.45, 2.75) is 88.8 Å². The quantitative estimate of drug-likeness (QED) is 0.0501. The number of pyridine rings is 1. The zero-order valence-electron chi connectivity index (χ0n) is 43.5. The number of carbonyl (C=O) groups excluding carboxylic acids is 2. The molecule has 0 radical (unpaired) electrons. The fraction of sp³-hybridized carbons (Fsp3) is 0.426. The van der Waals surface area contributed by atoms with Gasteiger partial charge in [-0.05, 0) is 126 Å². The van der Waals surface area contributed by atoms with Gasteiger partial charge in [0.25, 0.3) is 5.91 Å². The molecule has 2 atom stereocenters. The SMILES string of the molecule is CCS(=O)N1CCN(c2ccc(Nc3ncc(C(=O)NC(C)(C)CCOC(C)(C)CCC(=O)N4CCN(c5cnc6ccc(-c7cnc(Cl)c(NS(=O)c8ccc(F)cc8)c7)cc6n5)CC4)c(NC4CC4)n3)cc2)CC1. The molecule has 5 heterocycles. The van der Waals surface area contributed by atoms with E-state index in [4.69, 9.17) is 26.3 Å². The molecule has 2 amide bonds. The Kier molecular flexibility index (Phi) is 17.1. The summed E-state index contributed by atoms with van der Waals surface area (Å²) in [5.41, 5.74) is 4.37. The first-order chi connectivity index (χ1) is 36.5. The second-order valence-electron chi connectivity index (χ2n) is 20.5. The van der Waals surface area contributed by atoms with Gasteiger partial charge in [-0.15, -0.1) is 0 Å². The van der Waals surface area contributed by atoms with Gasteiger partial charge in [-0.1, -0.05) is 24.6 Å². The van der Waals surface area contributed by atoms with Crippen molar-refractivity contribution >= 4 is 91.1 Å². The van der Waals surface area contributed by atoms with E-state index in [-0.39, 0.29) is 23.0 Å². The highest BCUT2D eigenvalue weighted by Crippen LogP contribution is 2.32. The molecular formula is C54H65ClFN13O5S2. The van der Waals surface area contributed by atoms with Crippen LogP contribution in [0.25, 0.3) is 22.2 Å². The van der Waals surface area contributed by atoms with Crippen LogP contribution in [0.4, 0.5) is 39.0 Å². The van der Waals surface area contributed by atoms with Crippen molar-refractivity contribution in [2.75, 3.05) is 89.9 Å². The van der Waals surface area contributed by atoms with Gasteiger partial charge in [0.05, 0.1) is 44.4 Å². The minimum absolute atomic E-state index is 0.0651. The smallest absolute Gasteiger partial charge is 0.257 e. The summed E-state index contributed by atoms with van der Waals surface area (Å²) in [5, 5.41) is 10.0. The monoisotopic (exact) mass is 1090 g/mol. The number of fused-ring (bicyclic) bond motifs is 1. The molecule has 3 fully saturated rings. The van der Waals surface area contributed by atoms with Crippen LogP contribution in [0.5, 0.6) is 0 Å². The van der Waals surface area contributed by atoms with Gasteiger partial charge < -0.3 is 35.4 Å². The van der Waals surface area contributed by atoms with E-state index in [1.807, 2.05) is 74.2 Å². The van der Waals surface area contributed by atoms with Crippen LogP contribution in [0.2, 0.25) is 5.15 Å². The topological polar surface area (TPSA) is 203 Å². The highest BCUT2D eigenvalue weighted by atomic mass is 35.5. The van der Waals surface area contributed by atoms with Crippen LogP contribution in [-0.4, -0.2) is 136 Å². The lowest BCUT2D eigenvalue weighted by molar-refractivity contribution is -0.133. The standard InChI is InChI=1S/C54H65ClFN13O5S2/c1-6-75(72)69-28-26-66(27-29-69)41-14-12-40(13-15-41)61-52-59-34-43(50(63-52)60-39-10-11-39)51(71)64-53(2,3)21-30-74-54(4,5)20-19-48(70)68-24-22-67(23-25-68)47-35-57-44-18-7-36(31-45(44)62-47)37-32-46(49(55)58-33-37)65-76(73)42-16-8-38(56)9-17-42/h7-9,12-18,31-35,39,65H,6,10-11,19-30H2,1-5H3,(H,64,71)(H2,59,60,61,63). The Morgan fingerprint density at radius 2 is 1.51 bits per heavy atom. The van der Waals surface area contributed by atoms with Crippen LogP contribution in [0.1, 0.15) is 77.1 Å². The molecule has 0 spiro atoms. The lowest BCUT2D eigenvalue weighted by Crippen LogP contribution is -2.49. The average molecular weight is 1090 g/mol. The molecule has 3 aromatic carbocycles. The Bertz CT molecular complexity index is 3080. The van der Waals surface area contributed by atoms with Gasteiger partial charge in [0.15, 0.2) is 5.15 Å². The molecule has 402 valence electrons. The summed E-state index contributed by atoms with van der Waals surface area (Å²) in [6, 6.07) is 21.2. The average Bonchev–Trinajstić information content (AvgIpc) is 4.25. The maximum Gasteiger partial charge on any atom is 0.257 e. The molecule has 4 N–H and O–H groups in total. The molecule has 22 heteroatoms. The van der Waals surface area contributed by atoms with Crippen molar-refractivity contribution in [2.24, 2.45) is 0 Å². The molecule has 1 saturated carbocycles. The number of halogens is 2. The van der Waals surface area contributed by atoms with E-state index < -0.39 is 38.9 Å². The maximum absolute atomic E-state index is 13.8. The van der Waals surface area contributed by atoms with E-state index in [9.17, 15) is 22.4 Å². The summed E-state index contributed by atoms with van der Waals surface area (Å²) in [5.74, 6) is 1.57. The predicted octanol–water partition coefficient (Wildman–Crippen LogP) is 8.36. The summed E-state index contributed by atoms with van der Waals surface area (Å²) >= 11 is 6.37. The van der Waals surface area contributed by atoms with E-state index in [2.05, 4.69) is 57.6 Å². The number of nitrogens with one attached hydrogen (secondary N) is 4. The van der Waals surface area contributed by atoms with Crippen molar-refractivity contribution in [3.05, 3.63) is 108 Å². The Morgan fingerprint density at radius 1 is 0.789 bits per heavy atom. The molecule has 3 aromatic heterocycles. The number of hydrogen-bond donors (Lipinski definition) is 4. The van der Waals surface area contributed by atoms with Gasteiger partial charge >= 0.3 is 0 Å². The molecule has 2 saturated heterocycles. The normalized spacial score (nSPS) is 16.3. The first-order valence-electron chi connectivity index (χ1n) is 25.7. The molecule has 3 aliphatic rings. The van der Waals surface area contributed by atoms with E-state index in [0.717, 1.165) is 61.5 Å². The number of aromatic nitrogens is 5. The number of piperazine rings is 2. The van der Waals surface area contributed by atoms with Crippen molar-refractivity contribution in [3.8, 4) is 11.1 Å². The van der Waals surface area contributed by atoms with Crippen molar-refractivity contribution in [3.63, 3.8) is 0 Å². The third-order valence-electron chi connectivity index (χ3n) is 13.7. The maximum atomic E-state index is 13.8. The van der Waals surface area contributed by atoms with Crippen LogP contribution in [0, 0.1) is 5.82 Å². The second kappa shape index (κ2) is 23.9. The van der Waals surface area contributed by atoms with Gasteiger partial charge in [0.1, 0.15) is 34.0 Å². The van der Waals surface area contributed by atoms with E-state index >= 15 is 0 Å². The Labute approximate surface area is 453 Å². The van der Waals surface area contributed by atoms with Gasteiger partial charge in [-0.3, -0.25) is 19.3 Å². The first kappa shape index (κ1) is 54.4. The van der Waals surface area contributed by atoms with E-state index in [1.165, 1.54) is 24.3 Å². The van der Waals surface area contributed by atoms with Gasteiger partial charge in [-0.2, -0.15) is 4.98 Å². The Balaban J connectivity index is 0.721. The molecule has 76 heavy (non-hydrogen) atoms. The molecule has 6 aromatic rings. The summed E-state index contributed by atoms with van der Waals surface area (Å²) in [7, 11) is -2.61. The molecule has 0 bridgehead atoms. The number of anilines is 6. The molecule has 1 aliphatic carbocycles. The van der Waals surface area contributed by atoms with Crippen LogP contribution >= 0.6 is 11.6 Å². The van der Waals surface area contributed by atoms with Gasteiger partial charge in [0.2, 0.25) is 11.9 Å². The zero-order valence-corrected chi connectivity index (χ0v) is 45.9. The van der Waals surface area contributed by atoms with Gasteiger partial charge in [-0.25, -0.2) is 32.1 Å².